The van der Waals surface area contributed by atoms with E-state index in [0.717, 1.165) is 0 Å². The summed E-state index contributed by atoms with van der Waals surface area (Å²) in [6.07, 6.45) is 20.9. The highest BCUT2D eigenvalue weighted by Crippen LogP contribution is 2.12. The molecule has 0 aliphatic carbocycles. The van der Waals surface area contributed by atoms with Crippen molar-refractivity contribution in [3.8, 4) is 11.8 Å². The summed E-state index contributed by atoms with van der Waals surface area (Å²) in [6, 6.07) is 17.7. The highest BCUT2D eigenvalue weighted by Gasteiger charge is 1.94. The first-order chi connectivity index (χ1) is 14.8. The quantitative estimate of drug-likeness (QED) is 0.248. The second-order valence-corrected chi connectivity index (χ2v) is 8.06. The number of hydrogen-bond donors (Lipinski definition) is 0. The Morgan fingerprint density at radius 2 is 0.933 bits per heavy atom. The molecule has 0 bridgehead atoms. The van der Waals surface area contributed by atoms with Gasteiger partial charge in [0, 0.05) is 0 Å². The van der Waals surface area contributed by atoms with Crippen LogP contribution in [0.2, 0.25) is 0 Å². The maximum Gasteiger partial charge on any atom is -0.0109 e. The lowest BCUT2D eigenvalue weighted by Gasteiger charge is -2.01. The van der Waals surface area contributed by atoms with Crippen LogP contribution in [0.4, 0.5) is 0 Å². The van der Waals surface area contributed by atoms with Crippen LogP contribution in [0.3, 0.4) is 0 Å². The molecule has 0 nitrogen and oxygen atoms in total. The van der Waals surface area contributed by atoms with E-state index >= 15 is 0 Å². The van der Waals surface area contributed by atoms with Gasteiger partial charge in [0.25, 0.3) is 0 Å². The summed E-state index contributed by atoms with van der Waals surface area (Å²) in [6.45, 7) is 4.51. The first-order valence-corrected chi connectivity index (χ1v) is 11.8. The van der Waals surface area contributed by atoms with Crippen molar-refractivity contribution in [3.05, 3.63) is 82.9 Å². The molecule has 0 amide bonds. The van der Waals surface area contributed by atoms with Crippen LogP contribution in [0.5, 0.6) is 0 Å². The molecule has 0 unspecified atom stereocenters. The Labute approximate surface area is 185 Å². The van der Waals surface area contributed by atoms with Gasteiger partial charge in [-0.05, 0) is 72.2 Å². The highest BCUT2D eigenvalue weighted by atomic mass is 14.0. The molecule has 0 saturated heterocycles. The Kier molecular flexibility index (Phi) is 12.1. The first kappa shape index (κ1) is 23.8. The predicted octanol–water partition coefficient (Wildman–Crippen LogP) is 8.66. The third-order valence-electron chi connectivity index (χ3n) is 5.40. The normalized spacial score (nSPS) is 11.1. The zero-order valence-electron chi connectivity index (χ0n) is 19.0. The summed E-state index contributed by atoms with van der Waals surface area (Å²) in [4.78, 5) is 0. The van der Waals surface area contributed by atoms with Gasteiger partial charge in [0.2, 0.25) is 0 Å². The van der Waals surface area contributed by atoms with E-state index < -0.39 is 0 Å². The molecule has 0 aliphatic heterocycles. The van der Waals surface area contributed by atoms with Gasteiger partial charge < -0.3 is 0 Å². The van der Waals surface area contributed by atoms with Crippen LogP contribution in [0.25, 0.3) is 12.2 Å². The molecule has 0 aliphatic rings. The van der Waals surface area contributed by atoms with E-state index in [1.165, 1.54) is 86.5 Å². The van der Waals surface area contributed by atoms with Gasteiger partial charge in [-0.2, -0.15) is 0 Å². The average molecular weight is 399 g/mol. The highest BCUT2D eigenvalue weighted by molar-refractivity contribution is 5.56. The lowest BCUT2D eigenvalue weighted by atomic mass is 10.0. The van der Waals surface area contributed by atoms with Crippen molar-refractivity contribution in [3.63, 3.8) is 0 Å². The van der Waals surface area contributed by atoms with Gasteiger partial charge in [-0.1, -0.05) is 113 Å². The standard InChI is InChI=1S/C30H38/c1-3-5-7-11-15-27-19-23-29(24-20-27)17-13-9-10-14-18-30-25-21-28(22-26-30)16-12-8-6-4-2/h13-14,17-26H,3-8,11-12,15-16H2,1-2H3. The van der Waals surface area contributed by atoms with Crippen molar-refractivity contribution in [1.29, 1.82) is 0 Å². The number of unbranched alkanes of at least 4 members (excludes halogenated alkanes) is 6. The van der Waals surface area contributed by atoms with E-state index in [-0.39, 0.29) is 0 Å². The van der Waals surface area contributed by atoms with E-state index in [0.29, 0.717) is 0 Å². The van der Waals surface area contributed by atoms with E-state index in [1.54, 1.807) is 0 Å². The minimum absolute atomic E-state index is 1.19. The van der Waals surface area contributed by atoms with Crippen LogP contribution in [0.1, 0.15) is 87.5 Å². The molecule has 158 valence electrons. The fourth-order valence-corrected chi connectivity index (χ4v) is 3.47. The van der Waals surface area contributed by atoms with Gasteiger partial charge in [-0.3, -0.25) is 0 Å². The van der Waals surface area contributed by atoms with Crippen molar-refractivity contribution in [2.75, 3.05) is 0 Å². The number of aryl methyl sites for hydroxylation is 2. The summed E-state index contributed by atoms with van der Waals surface area (Å²) in [5.74, 6) is 6.20. The molecule has 0 aromatic heterocycles. The van der Waals surface area contributed by atoms with Crippen LogP contribution in [0.15, 0.2) is 60.7 Å². The second-order valence-electron chi connectivity index (χ2n) is 8.06. The zero-order chi connectivity index (χ0) is 21.3. The van der Waals surface area contributed by atoms with Crippen molar-refractivity contribution < 1.29 is 0 Å². The Bertz CT molecular complexity index is 738. The van der Waals surface area contributed by atoms with Crippen molar-refractivity contribution in [2.24, 2.45) is 0 Å². The number of allylic oxidation sites excluding steroid dienone is 2. The van der Waals surface area contributed by atoms with Gasteiger partial charge in [-0.25, -0.2) is 0 Å². The fourth-order valence-electron chi connectivity index (χ4n) is 3.47. The molecule has 0 spiro atoms. The first-order valence-electron chi connectivity index (χ1n) is 11.8. The van der Waals surface area contributed by atoms with Crippen LogP contribution in [0, 0.1) is 11.8 Å². The molecule has 0 fully saturated rings. The summed E-state index contributed by atoms with van der Waals surface area (Å²) in [5, 5.41) is 0. The minimum Gasteiger partial charge on any atom is -0.0702 e. The Morgan fingerprint density at radius 3 is 1.30 bits per heavy atom. The molecule has 0 heteroatoms. The van der Waals surface area contributed by atoms with Crippen LogP contribution in [-0.4, -0.2) is 0 Å². The van der Waals surface area contributed by atoms with Crippen molar-refractivity contribution in [2.45, 2.75) is 78.1 Å². The maximum atomic E-state index is 3.10. The van der Waals surface area contributed by atoms with Gasteiger partial charge in [0.1, 0.15) is 0 Å². The molecule has 0 heterocycles. The van der Waals surface area contributed by atoms with E-state index in [4.69, 9.17) is 0 Å². The Balaban J connectivity index is 1.73. The molecular weight excluding hydrogens is 360 g/mol. The van der Waals surface area contributed by atoms with Crippen LogP contribution >= 0.6 is 0 Å². The average Bonchev–Trinajstić information content (AvgIpc) is 2.78. The summed E-state index contributed by atoms with van der Waals surface area (Å²) in [5.41, 5.74) is 5.29. The Morgan fingerprint density at radius 1 is 0.533 bits per heavy atom. The monoisotopic (exact) mass is 398 g/mol. The molecule has 0 N–H and O–H groups in total. The number of rotatable bonds is 12. The molecule has 30 heavy (non-hydrogen) atoms. The topological polar surface area (TPSA) is 0 Å². The fraction of sp³-hybridized carbons (Fsp3) is 0.400. The van der Waals surface area contributed by atoms with E-state index in [9.17, 15) is 0 Å². The molecule has 0 atom stereocenters. The number of benzene rings is 2. The second kappa shape index (κ2) is 15.3. The smallest absolute Gasteiger partial charge is 0.0109 e. The lowest BCUT2D eigenvalue weighted by molar-refractivity contribution is 0.667. The molecule has 2 rings (SSSR count). The maximum absolute atomic E-state index is 3.10. The SMILES string of the molecule is CCCCCCc1ccc(C=CC#CC=Cc2ccc(CCCCCC)cc2)cc1. The van der Waals surface area contributed by atoms with Gasteiger partial charge in [0.05, 0.1) is 0 Å². The minimum atomic E-state index is 1.19. The molecule has 0 radical (unpaired) electrons. The Hall–Kier alpha value is -2.52. The third-order valence-corrected chi connectivity index (χ3v) is 5.40. The molecule has 2 aromatic carbocycles. The van der Waals surface area contributed by atoms with E-state index in [2.05, 4.69) is 86.4 Å². The van der Waals surface area contributed by atoms with Crippen LogP contribution in [-0.2, 0) is 12.8 Å². The molecule has 2 aromatic rings. The van der Waals surface area contributed by atoms with Crippen molar-refractivity contribution >= 4 is 12.2 Å². The molecule has 0 saturated carbocycles. The van der Waals surface area contributed by atoms with Gasteiger partial charge in [0.15, 0.2) is 0 Å². The zero-order valence-corrected chi connectivity index (χ0v) is 19.0. The summed E-state index contributed by atoms with van der Waals surface area (Å²) in [7, 11) is 0. The van der Waals surface area contributed by atoms with Crippen LogP contribution < -0.4 is 0 Å². The van der Waals surface area contributed by atoms with Gasteiger partial charge >= 0.3 is 0 Å². The lowest BCUT2D eigenvalue weighted by Crippen LogP contribution is -1.85. The summed E-state index contributed by atoms with van der Waals surface area (Å²) < 4.78 is 0. The van der Waals surface area contributed by atoms with Crippen molar-refractivity contribution in [1.82, 2.24) is 0 Å². The largest absolute Gasteiger partial charge is 0.0702 e. The molecular formula is C30H38. The number of hydrogen-bond acceptors (Lipinski definition) is 0. The summed E-state index contributed by atoms with van der Waals surface area (Å²) >= 11 is 0. The third kappa shape index (κ3) is 10.3. The van der Waals surface area contributed by atoms with Gasteiger partial charge in [-0.15, -0.1) is 0 Å². The predicted molar refractivity (Wildman–Crippen MR) is 134 cm³/mol. The van der Waals surface area contributed by atoms with E-state index in [1.807, 2.05) is 12.2 Å².